The van der Waals surface area contributed by atoms with Crippen LogP contribution in [0.25, 0.3) is 11.1 Å². The van der Waals surface area contributed by atoms with Crippen molar-refractivity contribution in [3.63, 3.8) is 0 Å². The molecule has 3 rings (SSSR count). The fourth-order valence-corrected chi connectivity index (χ4v) is 4.20. The van der Waals surface area contributed by atoms with Crippen molar-refractivity contribution in [2.45, 2.75) is 9.92 Å². The SMILES string of the molecule is N#Cc1c(-c2ccc([NH+]([O-])O)cc2)c(C#N)c(=O)n(NS(=O)(=O)c2ccccc2)c1S. The zero-order valence-corrected chi connectivity index (χ0v) is 17.2. The molecule has 0 fully saturated rings. The molecule has 1 atom stereocenters. The Hall–Kier alpha value is -3.65. The molecule has 0 aliphatic carbocycles. The molecule has 0 bridgehead atoms. The van der Waals surface area contributed by atoms with Crippen molar-refractivity contribution in [2.24, 2.45) is 0 Å². The van der Waals surface area contributed by atoms with Gasteiger partial charge in [-0.3, -0.25) is 4.79 Å². The second-order valence-electron chi connectivity index (χ2n) is 6.10. The third kappa shape index (κ3) is 4.15. The minimum Gasteiger partial charge on any atom is -0.595 e. The number of nitrogens with one attached hydrogen (secondary N) is 2. The van der Waals surface area contributed by atoms with E-state index in [4.69, 9.17) is 5.21 Å². The zero-order chi connectivity index (χ0) is 22.8. The number of rotatable bonds is 5. The van der Waals surface area contributed by atoms with E-state index in [2.05, 4.69) is 12.6 Å². The molecule has 0 spiro atoms. The number of quaternary nitrogens is 1. The number of sulfonamides is 1. The number of nitriles is 2. The fraction of sp³-hybridized carbons (Fsp3) is 0. The highest BCUT2D eigenvalue weighted by Crippen LogP contribution is 2.30. The third-order valence-corrected chi connectivity index (χ3v) is 6.00. The van der Waals surface area contributed by atoms with Crippen LogP contribution in [0.2, 0.25) is 0 Å². The average molecular weight is 455 g/mol. The summed E-state index contributed by atoms with van der Waals surface area (Å²) in [6, 6.07) is 15.9. The average Bonchev–Trinajstić information content (AvgIpc) is 2.77. The quantitative estimate of drug-likeness (QED) is 0.328. The number of benzene rings is 2. The predicted molar refractivity (Wildman–Crippen MR) is 112 cm³/mol. The van der Waals surface area contributed by atoms with E-state index < -0.39 is 26.4 Å². The molecule has 0 aliphatic rings. The van der Waals surface area contributed by atoms with E-state index in [1.807, 2.05) is 10.9 Å². The number of nitrogens with zero attached hydrogens (tertiary/aromatic N) is 3. The Morgan fingerprint density at radius 2 is 1.61 bits per heavy atom. The molecule has 31 heavy (non-hydrogen) atoms. The maximum absolute atomic E-state index is 12.9. The molecule has 3 N–H and O–H groups in total. The van der Waals surface area contributed by atoms with Gasteiger partial charge < -0.3 is 5.21 Å². The van der Waals surface area contributed by atoms with Gasteiger partial charge in [0, 0.05) is 17.7 Å². The lowest BCUT2D eigenvalue weighted by molar-refractivity contribution is -0.991. The first-order valence-corrected chi connectivity index (χ1v) is 10.4. The van der Waals surface area contributed by atoms with Gasteiger partial charge in [0.2, 0.25) is 0 Å². The van der Waals surface area contributed by atoms with Crippen LogP contribution in [0.5, 0.6) is 0 Å². The van der Waals surface area contributed by atoms with Gasteiger partial charge in [0.15, 0.2) is 5.69 Å². The second kappa shape index (κ2) is 8.61. The first-order valence-electron chi connectivity index (χ1n) is 8.45. The van der Waals surface area contributed by atoms with Crippen LogP contribution in [0, 0.1) is 27.9 Å². The molecule has 1 aromatic heterocycles. The van der Waals surface area contributed by atoms with Crippen molar-refractivity contribution in [2.75, 3.05) is 4.83 Å². The maximum Gasteiger partial charge on any atom is 0.289 e. The minimum absolute atomic E-state index is 0.0316. The van der Waals surface area contributed by atoms with Crippen molar-refractivity contribution in [1.29, 1.82) is 10.5 Å². The molecule has 0 radical (unpaired) electrons. The summed E-state index contributed by atoms with van der Waals surface area (Å²) >= 11 is 4.15. The standard InChI is InChI=1S/C19H13N5O5S2/c20-10-15-17(12-6-8-13(9-7-12)24(26)27)16(11-21)19(30)23(18(15)25)22-31(28,29)14-4-2-1-3-5-14/h1-9,22,24,26,30H. The molecule has 1 heterocycles. The Kier molecular flexibility index (Phi) is 6.12. The molecule has 0 amide bonds. The van der Waals surface area contributed by atoms with Crippen LogP contribution in [0.4, 0.5) is 5.69 Å². The summed E-state index contributed by atoms with van der Waals surface area (Å²) < 4.78 is 25.8. The van der Waals surface area contributed by atoms with Crippen molar-refractivity contribution in [3.05, 3.63) is 81.3 Å². The molecule has 1 unspecified atom stereocenters. The van der Waals surface area contributed by atoms with Gasteiger partial charge in [0.25, 0.3) is 15.6 Å². The van der Waals surface area contributed by atoms with E-state index in [-0.39, 0.29) is 32.3 Å². The van der Waals surface area contributed by atoms with E-state index in [9.17, 15) is 28.9 Å². The smallest absolute Gasteiger partial charge is 0.289 e. The van der Waals surface area contributed by atoms with Crippen LogP contribution < -0.4 is 15.6 Å². The molecule has 156 valence electrons. The van der Waals surface area contributed by atoms with Gasteiger partial charge in [-0.2, -0.15) is 24.2 Å². The first-order chi connectivity index (χ1) is 14.7. The molecular formula is C19H13N5O5S2. The monoisotopic (exact) mass is 455 g/mol. The summed E-state index contributed by atoms with van der Waals surface area (Å²) in [5.74, 6) is 0. The van der Waals surface area contributed by atoms with Crippen LogP contribution in [-0.4, -0.2) is 18.3 Å². The second-order valence-corrected chi connectivity index (χ2v) is 8.19. The Bertz CT molecular complexity index is 1390. The maximum atomic E-state index is 12.9. The molecule has 0 aliphatic heterocycles. The van der Waals surface area contributed by atoms with Gasteiger partial charge in [-0.15, -0.1) is 12.6 Å². The lowest BCUT2D eigenvalue weighted by Crippen LogP contribution is -2.99. The largest absolute Gasteiger partial charge is 0.595 e. The van der Waals surface area contributed by atoms with E-state index >= 15 is 0 Å². The van der Waals surface area contributed by atoms with Gasteiger partial charge in [0.05, 0.1) is 10.5 Å². The summed E-state index contributed by atoms with van der Waals surface area (Å²) in [6.45, 7) is 0. The van der Waals surface area contributed by atoms with Crippen molar-refractivity contribution < 1.29 is 18.9 Å². The van der Waals surface area contributed by atoms with E-state index in [1.54, 1.807) is 12.1 Å². The molecular weight excluding hydrogens is 442 g/mol. The molecule has 0 saturated carbocycles. The molecule has 3 aromatic rings. The Labute approximate surface area is 181 Å². The molecule has 0 saturated heterocycles. The Morgan fingerprint density at radius 3 is 2.13 bits per heavy atom. The number of aromatic nitrogens is 1. The van der Waals surface area contributed by atoms with E-state index in [0.717, 1.165) is 0 Å². The zero-order valence-electron chi connectivity index (χ0n) is 15.5. The summed E-state index contributed by atoms with van der Waals surface area (Å²) in [4.78, 5) is 14.8. The minimum atomic E-state index is -4.22. The lowest BCUT2D eigenvalue weighted by atomic mass is 9.97. The highest BCUT2D eigenvalue weighted by molar-refractivity contribution is 7.92. The van der Waals surface area contributed by atoms with Gasteiger partial charge in [-0.25, -0.2) is 14.7 Å². The van der Waals surface area contributed by atoms with Crippen molar-refractivity contribution in [3.8, 4) is 23.3 Å². The van der Waals surface area contributed by atoms with Crippen LogP contribution in [0.15, 0.2) is 69.3 Å². The molecule has 2 aromatic carbocycles. The van der Waals surface area contributed by atoms with Crippen LogP contribution in [0.1, 0.15) is 11.1 Å². The summed E-state index contributed by atoms with van der Waals surface area (Å²) in [7, 11) is -4.22. The van der Waals surface area contributed by atoms with Gasteiger partial charge in [-0.1, -0.05) is 18.2 Å². The van der Waals surface area contributed by atoms with E-state index in [1.165, 1.54) is 48.5 Å². The van der Waals surface area contributed by atoms with Crippen LogP contribution in [-0.2, 0) is 10.0 Å². The summed E-state index contributed by atoms with van der Waals surface area (Å²) in [6.07, 6.45) is 0. The number of pyridine rings is 1. The number of hydrogen-bond donors (Lipinski definition) is 4. The number of hydrogen-bond acceptors (Lipinski definition) is 8. The van der Waals surface area contributed by atoms with Gasteiger partial charge in [0.1, 0.15) is 22.7 Å². The normalized spacial score (nSPS) is 11.9. The topological polar surface area (TPSA) is 163 Å². The predicted octanol–water partition coefficient (Wildman–Crippen LogP) is 0.883. The third-order valence-electron chi connectivity index (χ3n) is 4.26. The summed E-state index contributed by atoms with van der Waals surface area (Å²) in [5, 5.41) is 37.8. The van der Waals surface area contributed by atoms with E-state index in [0.29, 0.717) is 4.68 Å². The highest BCUT2D eigenvalue weighted by atomic mass is 32.2. The van der Waals surface area contributed by atoms with Crippen LogP contribution in [0.3, 0.4) is 0 Å². The Morgan fingerprint density at radius 1 is 1.03 bits per heavy atom. The van der Waals surface area contributed by atoms with Gasteiger partial charge in [-0.05, 0) is 29.8 Å². The van der Waals surface area contributed by atoms with Gasteiger partial charge >= 0.3 is 0 Å². The lowest BCUT2D eigenvalue weighted by Gasteiger charge is -2.17. The Balaban J connectivity index is 2.23. The molecule has 10 nitrogen and oxygen atoms in total. The highest BCUT2D eigenvalue weighted by Gasteiger charge is 2.25. The first kappa shape index (κ1) is 22.0. The summed E-state index contributed by atoms with van der Waals surface area (Å²) in [5.41, 5.74) is -1.67. The van der Waals surface area contributed by atoms with Crippen molar-refractivity contribution in [1.82, 2.24) is 4.68 Å². The fourth-order valence-electron chi connectivity index (χ4n) is 2.80. The number of thiol groups is 1. The molecule has 12 heteroatoms. The van der Waals surface area contributed by atoms with Crippen molar-refractivity contribution >= 4 is 28.3 Å². The van der Waals surface area contributed by atoms with Crippen LogP contribution >= 0.6 is 12.6 Å².